The molecule has 0 aliphatic carbocycles. The Morgan fingerprint density at radius 2 is 1.87 bits per heavy atom. The van der Waals surface area contributed by atoms with Gasteiger partial charge in [-0.1, -0.05) is 19.1 Å². The van der Waals surface area contributed by atoms with Gasteiger partial charge in [-0.15, -0.1) is 24.0 Å². The fraction of sp³-hybridized carbons (Fsp3) is 0.524. The number of halogens is 1. The van der Waals surface area contributed by atoms with Crippen molar-refractivity contribution < 1.29 is 4.79 Å². The minimum absolute atomic E-state index is 0. The quantitative estimate of drug-likeness (QED) is 0.310. The van der Waals surface area contributed by atoms with E-state index in [1.807, 2.05) is 24.3 Å². The van der Waals surface area contributed by atoms with Crippen LogP contribution in [0.25, 0.3) is 0 Å². The van der Waals surface area contributed by atoms with E-state index in [1.54, 1.807) is 0 Å². The first-order chi connectivity index (χ1) is 14.6. The second kappa shape index (κ2) is 12.8. The molecule has 8 nitrogen and oxygen atoms in total. The maximum absolute atomic E-state index is 11.1. The van der Waals surface area contributed by atoms with Gasteiger partial charge >= 0.3 is 0 Å². The van der Waals surface area contributed by atoms with Crippen molar-refractivity contribution in [3.05, 3.63) is 35.7 Å². The first-order valence-electron chi connectivity index (χ1n) is 10.6. The number of piperazine rings is 1. The summed E-state index contributed by atoms with van der Waals surface area (Å²) in [5, 5.41) is 7.24. The number of benzene rings is 1. The van der Waals surface area contributed by atoms with E-state index in [0.717, 1.165) is 74.7 Å². The van der Waals surface area contributed by atoms with Crippen molar-refractivity contribution in [2.24, 2.45) is 4.99 Å². The molecule has 1 fully saturated rings. The minimum Gasteiger partial charge on any atom is -0.357 e. The van der Waals surface area contributed by atoms with Gasteiger partial charge in [-0.25, -0.2) is 4.98 Å². The topological polar surface area (TPSA) is 85.8 Å². The molecule has 1 aromatic carbocycles. The average molecular weight is 558 g/mol. The van der Waals surface area contributed by atoms with E-state index < -0.39 is 0 Å². The lowest BCUT2D eigenvalue weighted by molar-refractivity contribution is -0.114. The number of anilines is 2. The second-order valence-corrected chi connectivity index (χ2v) is 7.91. The summed E-state index contributed by atoms with van der Waals surface area (Å²) in [6, 6.07) is 7.95. The van der Waals surface area contributed by atoms with E-state index in [9.17, 15) is 4.79 Å². The Kier molecular flexibility index (Phi) is 10.4. The summed E-state index contributed by atoms with van der Waals surface area (Å²) in [6.45, 7) is 10.9. The van der Waals surface area contributed by atoms with Crippen molar-refractivity contribution in [2.45, 2.75) is 33.6 Å². The molecule has 2 N–H and O–H groups in total. The molecule has 1 aliphatic rings. The molecule has 1 saturated heterocycles. The zero-order valence-electron chi connectivity index (χ0n) is 18.4. The summed E-state index contributed by atoms with van der Waals surface area (Å²) in [4.78, 5) is 25.2. The third-order valence-electron chi connectivity index (χ3n) is 4.89. The predicted octanol–water partition coefficient (Wildman–Crippen LogP) is 3.01. The maximum Gasteiger partial charge on any atom is 0.221 e. The molecule has 0 unspecified atom stereocenters. The van der Waals surface area contributed by atoms with Crippen molar-refractivity contribution in [3.8, 4) is 0 Å². The highest BCUT2D eigenvalue weighted by Gasteiger charge is 2.21. The lowest BCUT2D eigenvalue weighted by Crippen LogP contribution is -2.52. The molecule has 1 amide bonds. The normalized spacial score (nSPS) is 14.2. The van der Waals surface area contributed by atoms with Crippen LogP contribution in [0, 0.1) is 0 Å². The van der Waals surface area contributed by atoms with Gasteiger partial charge in [0, 0.05) is 69.8 Å². The Hall–Kier alpha value is -1.95. The highest BCUT2D eigenvalue weighted by atomic mass is 127. The van der Waals surface area contributed by atoms with Crippen LogP contribution in [0.15, 0.2) is 29.3 Å². The van der Waals surface area contributed by atoms with Crippen molar-refractivity contribution >= 4 is 58.2 Å². The summed E-state index contributed by atoms with van der Waals surface area (Å²) in [5.41, 5.74) is 2.03. The number of guanidine groups is 1. The van der Waals surface area contributed by atoms with Crippen LogP contribution in [0.1, 0.15) is 32.2 Å². The fourth-order valence-corrected chi connectivity index (χ4v) is 4.10. The Morgan fingerprint density at radius 1 is 1.16 bits per heavy atom. The van der Waals surface area contributed by atoms with Crippen LogP contribution in [0.4, 0.5) is 10.8 Å². The number of aryl methyl sites for hydroxylation is 1. The molecular weight excluding hydrogens is 525 g/mol. The number of nitrogens with zero attached hydrogens (tertiary/aromatic N) is 5. The van der Waals surface area contributed by atoms with Crippen LogP contribution in [-0.4, -0.2) is 65.4 Å². The third-order valence-corrected chi connectivity index (χ3v) is 5.71. The smallest absolute Gasteiger partial charge is 0.221 e. The summed E-state index contributed by atoms with van der Waals surface area (Å²) in [5.74, 6) is 1.84. The van der Waals surface area contributed by atoms with E-state index >= 15 is 0 Å². The number of aliphatic imine (C=N–C) groups is 1. The Balaban J connectivity index is 0.00000341. The zero-order valence-corrected chi connectivity index (χ0v) is 21.6. The number of hydrogen-bond acceptors (Lipinski definition) is 6. The molecule has 0 atom stereocenters. The Labute approximate surface area is 205 Å². The highest BCUT2D eigenvalue weighted by molar-refractivity contribution is 14.0. The minimum atomic E-state index is -0.0559. The molecule has 0 bridgehead atoms. The molecule has 170 valence electrons. The lowest BCUT2D eigenvalue weighted by atomic mass is 10.1. The van der Waals surface area contributed by atoms with Crippen molar-refractivity contribution in [3.63, 3.8) is 0 Å². The number of carbonyl (C=O) groups is 1. The molecule has 10 heteroatoms. The summed E-state index contributed by atoms with van der Waals surface area (Å²) in [6.07, 6.45) is 1.74. The number of hydrogen-bond donors (Lipinski definition) is 2. The molecule has 1 aliphatic heterocycles. The van der Waals surface area contributed by atoms with Gasteiger partial charge in [-0.3, -0.25) is 9.79 Å². The maximum atomic E-state index is 11.1. The number of carbonyl (C=O) groups excluding carboxylic acids is 1. The van der Waals surface area contributed by atoms with Gasteiger partial charge in [-0.05, 0) is 31.0 Å². The SMILES string of the molecule is CCNC(=NCCc1ccc(NC(C)=O)cc1)N1CCN(c2nc(CC)ns2)CC1.I. The lowest BCUT2D eigenvalue weighted by Gasteiger charge is -2.36. The first-order valence-corrected chi connectivity index (χ1v) is 11.3. The molecule has 31 heavy (non-hydrogen) atoms. The van der Waals surface area contributed by atoms with E-state index in [0.29, 0.717) is 0 Å². The molecule has 3 rings (SSSR count). The van der Waals surface area contributed by atoms with Crippen LogP contribution >= 0.6 is 35.5 Å². The summed E-state index contributed by atoms with van der Waals surface area (Å²) >= 11 is 1.49. The molecule has 2 heterocycles. The number of aromatic nitrogens is 2. The molecule has 1 aromatic heterocycles. The summed E-state index contributed by atoms with van der Waals surface area (Å²) < 4.78 is 4.40. The molecule has 0 spiro atoms. The van der Waals surface area contributed by atoms with E-state index in [2.05, 4.69) is 43.6 Å². The van der Waals surface area contributed by atoms with Gasteiger partial charge in [0.15, 0.2) is 5.96 Å². The predicted molar refractivity (Wildman–Crippen MR) is 139 cm³/mol. The number of nitrogens with one attached hydrogen (secondary N) is 2. The fourth-order valence-electron chi connectivity index (χ4n) is 3.30. The average Bonchev–Trinajstić information content (AvgIpc) is 3.23. The molecular formula is C21H32IN7OS. The van der Waals surface area contributed by atoms with Gasteiger partial charge in [-0.2, -0.15) is 4.37 Å². The first kappa shape index (κ1) is 25.3. The van der Waals surface area contributed by atoms with Crippen LogP contribution in [0.5, 0.6) is 0 Å². The van der Waals surface area contributed by atoms with Crippen molar-refractivity contribution in [1.82, 2.24) is 19.6 Å². The monoisotopic (exact) mass is 557 g/mol. The van der Waals surface area contributed by atoms with Crippen LogP contribution < -0.4 is 15.5 Å². The largest absolute Gasteiger partial charge is 0.357 e. The van der Waals surface area contributed by atoms with E-state index in [-0.39, 0.29) is 29.9 Å². The van der Waals surface area contributed by atoms with Crippen LogP contribution in [-0.2, 0) is 17.6 Å². The molecule has 0 radical (unpaired) electrons. The molecule has 0 saturated carbocycles. The van der Waals surface area contributed by atoms with Gasteiger partial charge in [0.25, 0.3) is 0 Å². The third kappa shape index (κ3) is 7.60. The van der Waals surface area contributed by atoms with Crippen LogP contribution in [0.3, 0.4) is 0 Å². The van der Waals surface area contributed by atoms with Gasteiger partial charge in [0.05, 0.1) is 0 Å². The highest BCUT2D eigenvalue weighted by Crippen LogP contribution is 2.19. The standard InChI is InChI=1S/C21H31N7OS.HI/c1-4-19-25-21(30-26-19)28-14-12-27(13-15-28)20(22-5-2)23-11-10-17-6-8-18(9-7-17)24-16(3)29;/h6-9H,4-5,10-15H2,1-3H3,(H,22,23)(H,24,29);1H. The van der Waals surface area contributed by atoms with Gasteiger partial charge < -0.3 is 20.4 Å². The van der Waals surface area contributed by atoms with Crippen molar-refractivity contribution in [2.75, 3.05) is 49.5 Å². The summed E-state index contributed by atoms with van der Waals surface area (Å²) in [7, 11) is 0. The van der Waals surface area contributed by atoms with E-state index in [4.69, 9.17) is 4.99 Å². The zero-order chi connectivity index (χ0) is 21.3. The van der Waals surface area contributed by atoms with Gasteiger partial charge in [0.1, 0.15) is 5.82 Å². The number of amides is 1. The Bertz CT molecular complexity index is 848. The van der Waals surface area contributed by atoms with Crippen molar-refractivity contribution in [1.29, 1.82) is 0 Å². The van der Waals surface area contributed by atoms with Crippen LogP contribution in [0.2, 0.25) is 0 Å². The van der Waals surface area contributed by atoms with E-state index in [1.165, 1.54) is 24.0 Å². The second-order valence-electron chi connectivity index (χ2n) is 7.18. The number of rotatable bonds is 7. The van der Waals surface area contributed by atoms with Gasteiger partial charge in [0.2, 0.25) is 11.0 Å². The Morgan fingerprint density at radius 3 is 2.45 bits per heavy atom. The molecule has 2 aromatic rings.